The van der Waals surface area contributed by atoms with Crippen LogP contribution < -0.4 is 5.32 Å². The molecule has 0 amide bonds. The van der Waals surface area contributed by atoms with Gasteiger partial charge < -0.3 is 10.1 Å². The molecule has 2 aliphatic rings. The van der Waals surface area contributed by atoms with Gasteiger partial charge in [0.25, 0.3) is 0 Å². The molecule has 0 radical (unpaired) electrons. The molecule has 1 unspecified atom stereocenters. The zero-order valence-corrected chi connectivity index (χ0v) is 8.32. The monoisotopic (exact) mass is 195 g/mol. The van der Waals surface area contributed by atoms with Crippen molar-refractivity contribution < 1.29 is 4.74 Å². The highest BCUT2D eigenvalue weighted by molar-refractivity contribution is 7.10. The van der Waals surface area contributed by atoms with E-state index in [0.717, 1.165) is 26.2 Å². The molecule has 70 valence electrons. The van der Waals surface area contributed by atoms with Crippen LogP contribution in [0.2, 0.25) is 0 Å². The summed E-state index contributed by atoms with van der Waals surface area (Å²) in [5, 5.41) is 5.83. The van der Waals surface area contributed by atoms with Crippen molar-refractivity contribution in [2.75, 3.05) is 19.8 Å². The first-order valence-electron chi connectivity index (χ1n) is 4.80. The maximum atomic E-state index is 5.51. The molecule has 13 heavy (non-hydrogen) atoms. The number of hydrogen-bond donors (Lipinski definition) is 1. The molecule has 0 bridgehead atoms. The van der Waals surface area contributed by atoms with Gasteiger partial charge in [0.15, 0.2) is 0 Å². The Labute approximate surface area is 81.9 Å². The number of rotatable bonds is 0. The highest BCUT2D eigenvalue weighted by atomic mass is 32.1. The van der Waals surface area contributed by atoms with Crippen LogP contribution in [0.4, 0.5) is 0 Å². The molecule has 1 atom stereocenters. The Kier molecular flexibility index (Phi) is 1.72. The third-order valence-electron chi connectivity index (χ3n) is 3.06. The Morgan fingerprint density at radius 3 is 3.38 bits per heavy atom. The molecule has 1 spiro atoms. The lowest BCUT2D eigenvalue weighted by Crippen LogP contribution is -2.46. The lowest BCUT2D eigenvalue weighted by Gasteiger charge is -2.33. The average Bonchev–Trinajstić information content (AvgIpc) is 2.74. The van der Waals surface area contributed by atoms with Crippen LogP contribution in [0.5, 0.6) is 0 Å². The van der Waals surface area contributed by atoms with Crippen molar-refractivity contribution in [1.29, 1.82) is 0 Å². The minimum atomic E-state index is 0.182. The SMILES string of the molecule is c1cc2c(s1)C1(CCOC1)NCC2. The van der Waals surface area contributed by atoms with Crippen LogP contribution in [0.3, 0.4) is 0 Å². The van der Waals surface area contributed by atoms with Gasteiger partial charge >= 0.3 is 0 Å². The Morgan fingerprint density at radius 2 is 2.54 bits per heavy atom. The van der Waals surface area contributed by atoms with Gasteiger partial charge in [0.1, 0.15) is 0 Å². The highest BCUT2D eigenvalue weighted by Crippen LogP contribution is 2.38. The van der Waals surface area contributed by atoms with Crippen LogP contribution in [-0.2, 0) is 16.7 Å². The van der Waals surface area contributed by atoms with E-state index in [1.54, 1.807) is 0 Å². The second kappa shape index (κ2) is 2.80. The molecule has 0 aromatic carbocycles. The standard InChI is InChI=1S/C10H13NOS/c1-4-11-10(3-5-12-7-10)9-8(1)2-6-13-9/h2,6,11H,1,3-5,7H2. The second-order valence-corrected chi connectivity index (χ2v) is 4.75. The molecule has 0 saturated carbocycles. The van der Waals surface area contributed by atoms with Gasteiger partial charge in [-0.05, 0) is 29.9 Å². The third kappa shape index (κ3) is 1.08. The molecular weight excluding hydrogens is 182 g/mol. The summed E-state index contributed by atoms with van der Waals surface area (Å²) >= 11 is 1.88. The van der Waals surface area contributed by atoms with Crippen LogP contribution in [0.15, 0.2) is 11.4 Å². The summed E-state index contributed by atoms with van der Waals surface area (Å²) in [6.45, 7) is 2.87. The van der Waals surface area contributed by atoms with Gasteiger partial charge in [0.05, 0.1) is 12.1 Å². The number of nitrogens with one attached hydrogen (secondary N) is 1. The minimum Gasteiger partial charge on any atom is -0.379 e. The molecule has 1 saturated heterocycles. The van der Waals surface area contributed by atoms with E-state index in [0.29, 0.717) is 0 Å². The van der Waals surface area contributed by atoms with Gasteiger partial charge in [0.2, 0.25) is 0 Å². The summed E-state index contributed by atoms with van der Waals surface area (Å²) < 4.78 is 5.51. The Bertz CT molecular complexity index is 314. The van der Waals surface area contributed by atoms with Gasteiger partial charge in [-0.15, -0.1) is 11.3 Å². The number of hydrogen-bond acceptors (Lipinski definition) is 3. The Morgan fingerprint density at radius 1 is 1.54 bits per heavy atom. The van der Waals surface area contributed by atoms with Gasteiger partial charge in [-0.3, -0.25) is 0 Å². The average molecular weight is 195 g/mol. The summed E-state index contributed by atoms with van der Waals surface area (Å²) in [6.07, 6.45) is 2.32. The summed E-state index contributed by atoms with van der Waals surface area (Å²) in [7, 11) is 0. The summed E-state index contributed by atoms with van der Waals surface area (Å²) in [4.78, 5) is 1.52. The lowest BCUT2D eigenvalue weighted by atomic mass is 9.89. The number of ether oxygens (including phenoxy) is 1. The predicted molar refractivity (Wildman–Crippen MR) is 53.1 cm³/mol. The van der Waals surface area contributed by atoms with Crippen molar-refractivity contribution in [3.63, 3.8) is 0 Å². The van der Waals surface area contributed by atoms with Gasteiger partial charge in [-0.2, -0.15) is 0 Å². The molecule has 1 N–H and O–H groups in total. The quantitative estimate of drug-likeness (QED) is 0.677. The van der Waals surface area contributed by atoms with E-state index in [-0.39, 0.29) is 5.54 Å². The van der Waals surface area contributed by atoms with E-state index in [9.17, 15) is 0 Å². The lowest BCUT2D eigenvalue weighted by molar-refractivity contribution is 0.165. The van der Waals surface area contributed by atoms with Crippen LogP contribution in [0.25, 0.3) is 0 Å². The van der Waals surface area contributed by atoms with E-state index in [1.165, 1.54) is 16.9 Å². The highest BCUT2D eigenvalue weighted by Gasteiger charge is 2.40. The molecule has 3 heteroatoms. The molecule has 1 aromatic heterocycles. The third-order valence-corrected chi connectivity index (χ3v) is 4.22. The summed E-state index contributed by atoms with van der Waals surface area (Å²) in [6, 6.07) is 2.26. The largest absolute Gasteiger partial charge is 0.379 e. The first kappa shape index (κ1) is 7.97. The van der Waals surface area contributed by atoms with E-state index < -0.39 is 0 Å². The molecule has 3 heterocycles. The minimum absolute atomic E-state index is 0.182. The van der Waals surface area contributed by atoms with Crippen molar-refractivity contribution in [1.82, 2.24) is 5.32 Å². The first-order valence-corrected chi connectivity index (χ1v) is 5.68. The fraction of sp³-hybridized carbons (Fsp3) is 0.600. The Hall–Kier alpha value is -0.380. The topological polar surface area (TPSA) is 21.3 Å². The summed E-state index contributed by atoms with van der Waals surface area (Å²) in [5.41, 5.74) is 1.72. The molecular formula is C10H13NOS. The summed E-state index contributed by atoms with van der Waals surface area (Å²) in [5.74, 6) is 0. The fourth-order valence-electron chi connectivity index (χ4n) is 2.35. The van der Waals surface area contributed by atoms with Gasteiger partial charge in [-0.1, -0.05) is 0 Å². The van der Waals surface area contributed by atoms with Crippen LogP contribution in [0.1, 0.15) is 16.9 Å². The first-order chi connectivity index (χ1) is 6.41. The zero-order valence-electron chi connectivity index (χ0n) is 7.51. The Balaban J connectivity index is 2.08. The smallest absolute Gasteiger partial charge is 0.0790 e. The normalized spacial score (nSPS) is 32.3. The van der Waals surface area contributed by atoms with Gasteiger partial charge in [-0.25, -0.2) is 0 Å². The fourth-order valence-corrected chi connectivity index (χ4v) is 3.50. The van der Waals surface area contributed by atoms with E-state index >= 15 is 0 Å². The van der Waals surface area contributed by atoms with Crippen molar-refractivity contribution in [3.05, 3.63) is 21.9 Å². The molecule has 2 aliphatic heterocycles. The number of fused-ring (bicyclic) bond motifs is 2. The second-order valence-electron chi connectivity index (χ2n) is 3.84. The van der Waals surface area contributed by atoms with Crippen molar-refractivity contribution >= 4 is 11.3 Å². The van der Waals surface area contributed by atoms with E-state index in [2.05, 4.69) is 16.8 Å². The van der Waals surface area contributed by atoms with Crippen LogP contribution in [-0.4, -0.2) is 19.8 Å². The zero-order chi connectivity index (χ0) is 8.73. The van der Waals surface area contributed by atoms with Crippen molar-refractivity contribution in [2.24, 2.45) is 0 Å². The van der Waals surface area contributed by atoms with E-state index in [1.807, 2.05) is 11.3 Å². The predicted octanol–water partition coefficient (Wildman–Crippen LogP) is 1.51. The molecule has 1 fully saturated rings. The maximum Gasteiger partial charge on any atom is 0.0790 e. The van der Waals surface area contributed by atoms with Crippen LogP contribution in [0, 0.1) is 0 Å². The molecule has 2 nitrogen and oxygen atoms in total. The molecule has 0 aliphatic carbocycles. The van der Waals surface area contributed by atoms with Gasteiger partial charge in [0, 0.05) is 18.0 Å². The molecule has 3 rings (SSSR count). The van der Waals surface area contributed by atoms with Crippen LogP contribution >= 0.6 is 11.3 Å². The van der Waals surface area contributed by atoms with E-state index in [4.69, 9.17) is 4.74 Å². The van der Waals surface area contributed by atoms with Crippen molar-refractivity contribution in [3.8, 4) is 0 Å². The molecule has 1 aromatic rings. The maximum absolute atomic E-state index is 5.51. The van der Waals surface area contributed by atoms with Crippen molar-refractivity contribution in [2.45, 2.75) is 18.4 Å². The number of thiophene rings is 1.